The molecule has 1 unspecified atom stereocenters. The summed E-state index contributed by atoms with van der Waals surface area (Å²) in [4.78, 5) is 3.89. The molecule has 13 heavy (non-hydrogen) atoms. The van der Waals surface area contributed by atoms with Gasteiger partial charge in [0.05, 0.1) is 6.10 Å². The number of nitrogens with zero attached hydrogens (tertiary/aromatic N) is 1. The van der Waals surface area contributed by atoms with Gasteiger partial charge in [0.25, 0.3) is 0 Å². The van der Waals surface area contributed by atoms with Gasteiger partial charge in [0.2, 0.25) is 0 Å². The van der Waals surface area contributed by atoms with E-state index in [0.29, 0.717) is 6.61 Å². The molecule has 1 rings (SSSR count). The molecule has 0 saturated carbocycles. The largest absolute Gasteiger partial charge is 0.388 e. The molecule has 1 heterocycles. The SMILES string of the molecule is COCCCC(O)c1ccncc1. The lowest BCUT2D eigenvalue weighted by molar-refractivity contribution is 0.136. The molecule has 1 atom stereocenters. The number of methoxy groups -OCH3 is 1. The van der Waals surface area contributed by atoms with Gasteiger partial charge in [0, 0.05) is 26.1 Å². The standard InChI is InChI=1S/C10H15NO2/c1-13-8-2-3-10(12)9-4-6-11-7-5-9/h4-7,10,12H,2-3,8H2,1H3. The van der Waals surface area contributed by atoms with Crippen molar-refractivity contribution < 1.29 is 9.84 Å². The fourth-order valence-electron chi connectivity index (χ4n) is 1.17. The molecule has 3 nitrogen and oxygen atoms in total. The zero-order valence-electron chi connectivity index (χ0n) is 7.81. The van der Waals surface area contributed by atoms with Gasteiger partial charge in [0.15, 0.2) is 0 Å². The molecule has 3 heteroatoms. The van der Waals surface area contributed by atoms with Crippen LogP contribution in [-0.2, 0) is 4.74 Å². The number of aromatic nitrogens is 1. The molecule has 72 valence electrons. The molecule has 0 spiro atoms. The van der Waals surface area contributed by atoms with Crippen molar-refractivity contribution in [1.82, 2.24) is 4.98 Å². The fraction of sp³-hybridized carbons (Fsp3) is 0.500. The van der Waals surface area contributed by atoms with Crippen LogP contribution >= 0.6 is 0 Å². The summed E-state index contributed by atoms with van der Waals surface area (Å²) in [7, 11) is 1.67. The van der Waals surface area contributed by atoms with Crippen LogP contribution in [0.25, 0.3) is 0 Å². The summed E-state index contributed by atoms with van der Waals surface area (Å²) in [5.74, 6) is 0. The number of pyridine rings is 1. The molecule has 1 N–H and O–H groups in total. The normalized spacial score (nSPS) is 12.8. The number of rotatable bonds is 5. The van der Waals surface area contributed by atoms with Gasteiger partial charge < -0.3 is 9.84 Å². The lowest BCUT2D eigenvalue weighted by Crippen LogP contribution is -1.99. The summed E-state index contributed by atoms with van der Waals surface area (Å²) in [6, 6.07) is 3.66. The van der Waals surface area contributed by atoms with E-state index in [-0.39, 0.29) is 0 Å². The Morgan fingerprint density at radius 2 is 2.15 bits per heavy atom. The summed E-state index contributed by atoms with van der Waals surface area (Å²) in [6.45, 7) is 0.697. The van der Waals surface area contributed by atoms with E-state index in [1.54, 1.807) is 19.5 Å². The Morgan fingerprint density at radius 1 is 1.46 bits per heavy atom. The molecule has 0 bridgehead atoms. The van der Waals surface area contributed by atoms with Gasteiger partial charge in [-0.1, -0.05) is 0 Å². The highest BCUT2D eigenvalue weighted by Gasteiger charge is 2.05. The van der Waals surface area contributed by atoms with Crippen molar-refractivity contribution in [1.29, 1.82) is 0 Å². The van der Waals surface area contributed by atoms with Crippen LogP contribution in [-0.4, -0.2) is 23.8 Å². The highest BCUT2D eigenvalue weighted by Crippen LogP contribution is 2.16. The number of ether oxygens (including phenoxy) is 1. The minimum atomic E-state index is -0.391. The molecule has 0 amide bonds. The number of hydrogen-bond donors (Lipinski definition) is 1. The van der Waals surface area contributed by atoms with Crippen molar-refractivity contribution in [2.24, 2.45) is 0 Å². The lowest BCUT2D eigenvalue weighted by atomic mass is 10.1. The predicted molar refractivity (Wildman–Crippen MR) is 50.3 cm³/mol. The zero-order valence-corrected chi connectivity index (χ0v) is 7.81. The second kappa shape index (κ2) is 5.67. The van der Waals surface area contributed by atoms with E-state index < -0.39 is 6.10 Å². The quantitative estimate of drug-likeness (QED) is 0.701. The first-order valence-corrected chi connectivity index (χ1v) is 4.41. The van der Waals surface area contributed by atoms with Gasteiger partial charge in [-0.2, -0.15) is 0 Å². The number of aliphatic hydroxyl groups excluding tert-OH is 1. The zero-order chi connectivity index (χ0) is 9.52. The van der Waals surface area contributed by atoms with Crippen LogP contribution in [0.15, 0.2) is 24.5 Å². The first-order valence-electron chi connectivity index (χ1n) is 4.41. The van der Waals surface area contributed by atoms with Crippen molar-refractivity contribution in [2.75, 3.05) is 13.7 Å². The van der Waals surface area contributed by atoms with Crippen LogP contribution in [0.4, 0.5) is 0 Å². The van der Waals surface area contributed by atoms with Crippen LogP contribution in [0.3, 0.4) is 0 Å². The van der Waals surface area contributed by atoms with E-state index in [1.165, 1.54) is 0 Å². The summed E-state index contributed by atoms with van der Waals surface area (Å²) < 4.78 is 4.90. The number of hydrogen-bond acceptors (Lipinski definition) is 3. The smallest absolute Gasteiger partial charge is 0.0792 e. The van der Waals surface area contributed by atoms with E-state index in [9.17, 15) is 5.11 Å². The fourth-order valence-corrected chi connectivity index (χ4v) is 1.17. The van der Waals surface area contributed by atoms with Gasteiger partial charge in [-0.25, -0.2) is 0 Å². The Labute approximate surface area is 78.4 Å². The highest BCUT2D eigenvalue weighted by atomic mass is 16.5. The maximum Gasteiger partial charge on any atom is 0.0792 e. The van der Waals surface area contributed by atoms with Crippen LogP contribution < -0.4 is 0 Å². The number of aliphatic hydroxyl groups is 1. The first-order chi connectivity index (χ1) is 6.34. The Bertz CT molecular complexity index is 226. The van der Waals surface area contributed by atoms with Crippen molar-refractivity contribution >= 4 is 0 Å². The van der Waals surface area contributed by atoms with Crippen molar-refractivity contribution in [2.45, 2.75) is 18.9 Å². The van der Waals surface area contributed by atoms with Crippen molar-refractivity contribution in [3.8, 4) is 0 Å². The molecule has 0 aliphatic rings. The molecule has 1 aromatic rings. The van der Waals surface area contributed by atoms with Gasteiger partial charge in [-0.05, 0) is 30.5 Å². The van der Waals surface area contributed by atoms with Gasteiger partial charge in [0.1, 0.15) is 0 Å². The maximum absolute atomic E-state index is 9.66. The van der Waals surface area contributed by atoms with Crippen LogP contribution in [0.2, 0.25) is 0 Å². The summed E-state index contributed by atoms with van der Waals surface area (Å²) >= 11 is 0. The van der Waals surface area contributed by atoms with Gasteiger partial charge in [-0.15, -0.1) is 0 Å². The third-order valence-electron chi connectivity index (χ3n) is 1.92. The van der Waals surface area contributed by atoms with Gasteiger partial charge in [-0.3, -0.25) is 4.98 Å². The second-order valence-corrected chi connectivity index (χ2v) is 2.93. The van der Waals surface area contributed by atoms with Crippen molar-refractivity contribution in [3.63, 3.8) is 0 Å². The average molecular weight is 181 g/mol. The Kier molecular flexibility index (Phi) is 4.43. The Hall–Kier alpha value is -0.930. The summed E-state index contributed by atoms with van der Waals surface area (Å²) in [5.41, 5.74) is 0.922. The third-order valence-corrected chi connectivity index (χ3v) is 1.92. The van der Waals surface area contributed by atoms with E-state index in [4.69, 9.17) is 4.74 Å². The molecule has 0 saturated heterocycles. The summed E-state index contributed by atoms with van der Waals surface area (Å²) in [5, 5.41) is 9.66. The lowest BCUT2D eigenvalue weighted by Gasteiger charge is -2.09. The molecule has 1 aromatic heterocycles. The van der Waals surface area contributed by atoms with Gasteiger partial charge >= 0.3 is 0 Å². The molecule has 0 radical (unpaired) electrons. The molecule has 0 aliphatic heterocycles. The van der Waals surface area contributed by atoms with Crippen LogP contribution in [0.1, 0.15) is 24.5 Å². The highest BCUT2D eigenvalue weighted by molar-refractivity contribution is 5.12. The Balaban J connectivity index is 2.35. The van der Waals surface area contributed by atoms with E-state index >= 15 is 0 Å². The molecular weight excluding hydrogens is 166 g/mol. The predicted octanol–water partition coefficient (Wildman–Crippen LogP) is 1.54. The van der Waals surface area contributed by atoms with Crippen LogP contribution in [0.5, 0.6) is 0 Å². The monoisotopic (exact) mass is 181 g/mol. The maximum atomic E-state index is 9.66. The Morgan fingerprint density at radius 3 is 2.77 bits per heavy atom. The molecule has 0 aliphatic carbocycles. The van der Waals surface area contributed by atoms with E-state index in [1.807, 2.05) is 12.1 Å². The minimum Gasteiger partial charge on any atom is -0.388 e. The summed E-state index contributed by atoms with van der Waals surface area (Å²) in [6.07, 6.45) is 4.60. The third kappa shape index (κ3) is 3.53. The first kappa shape index (κ1) is 10.2. The molecule has 0 aromatic carbocycles. The van der Waals surface area contributed by atoms with E-state index in [0.717, 1.165) is 18.4 Å². The molecular formula is C10H15NO2. The van der Waals surface area contributed by atoms with Crippen molar-refractivity contribution in [3.05, 3.63) is 30.1 Å². The average Bonchev–Trinajstić information content (AvgIpc) is 2.19. The topological polar surface area (TPSA) is 42.4 Å². The van der Waals surface area contributed by atoms with E-state index in [2.05, 4.69) is 4.98 Å². The van der Waals surface area contributed by atoms with Crippen LogP contribution in [0, 0.1) is 0 Å². The molecule has 0 fully saturated rings. The second-order valence-electron chi connectivity index (χ2n) is 2.93. The minimum absolute atomic E-state index is 0.391.